The smallest absolute Gasteiger partial charge is 0.380 e. The Hall–Kier alpha value is -1.90. The van der Waals surface area contributed by atoms with Crippen molar-refractivity contribution in [1.29, 1.82) is 0 Å². The summed E-state index contributed by atoms with van der Waals surface area (Å²) in [5.41, 5.74) is 8.62. The number of nitrogens with one attached hydrogen (secondary N) is 2. The van der Waals surface area contributed by atoms with Crippen LogP contribution in [0.25, 0.3) is 0 Å². The number of benzene rings is 2. The van der Waals surface area contributed by atoms with Crippen molar-refractivity contribution in [2.45, 2.75) is 66.5 Å². The van der Waals surface area contributed by atoms with E-state index in [2.05, 4.69) is 33.7 Å². The second kappa shape index (κ2) is 9.39. The predicted molar refractivity (Wildman–Crippen MR) is 129 cm³/mol. The Labute approximate surface area is 197 Å². The summed E-state index contributed by atoms with van der Waals surface area (Å²) in [7, 11) is 0. The number of piperidine rings is 1. The van der Waals surface area contributed by atoms with Crippen LogP contribution in [-0.2, 0) is 6.18 Å². The summed E-state index contributed by atoms with van der Waals surface area (Å²) in [5.74, 6) is 0.571. The van der Waals surface area contributed by atoms with Crippen molar-refractivity contribution < 1.29 is 13.2 Å². The SMILES string of the molecule is NCCN1CCC(Nc2cc(C(F)(F)F)cc3c2Nc2ccc(C4CCCC4)cc2S3)CC1. The molecule has 2 fully saturated rings. The van der Waals surface area contributed by atoms with Gasteiger partial charge in [-0.15, -0.1) is 0 Å². The standard InChI is InChI=1S/C25H31F3N4S/c26-25(27,28)18-14-21(30-19-7-10-32(11-8-19)12-9-29)24-23(15-18)33-22-13-17(5-6-20(22)31-24)16-3-1-2-4-16/h5-6,13-16,19,30-31H,1-4,7-12,29H2. The third-order valence-corrected chi connectivity index (χ3v) is 8.23. The number of anilines is 3. The van der Waals surface area contributed by atoms with Gasteiger partial charge in [0, 0.05) is 42.0 Å². The first-order valence-electron chi connectivity index (χ1n) is 11.9. The Balaban J connectivity index is 1.42. The molecule has 4 N–H and O–H groups in total. The van der Waals surface area contributed by atoms with E-state index >= 15 is 0 Å². The fourth-order valence-corrected chi connectivity index (χ4v) is 6.41. The normalized spacial score (nSPS) is 19.8. The van der Waals surface area contributed by atoms with E-state index in [4.69, 9.17) is 5.73 Å². The van der Waals surface area contributed by atoms with Crippen LogP contribution >= 0.6 is 11.8 Å². The van der Waals surface area contributed by atoms with Gasteiger partial charge in [0.25, 0.3) is 0 Å². The maximum Gasteiger partial charge on any atom is 0.416 e. The molecule has 0 amide bonds. The fourth-order valence-electron chi connectivity index (χ4n) is 5.30. The summed E-state index contributed by atoms with van der Waals surface area (Å²) in [6.07, 6.45) is 2.30. The number of fused-ring (bicyclic) bond motifs is 2. The van der Waals surface area contributed by atoms with Crippen LogP contribution in [0.3, 0.4) is 0 Å². The van der Waals surface area contributed by atoms with Crippen LogP contribution in [0.1, 0.15) is 55.6 Å². The van der Waals surface area contributed by atoms with Crippen LogP contribution in [0.2, 0.25) is 0 Å². The molecule has 2 aromatic carbocycles. The first-order chi connectivity index (χ1) is 15.9. The van der Waals surface area contributed by atoms with Crippen LogP contribution in [0.4, 0.5) is 30.2 Å². The molecule has 0 bridgehead atoms. The van der Waals surface area contributed by atoms with E-state index in [1.54, 1.807) is 0 Å². The van der Waals surface area contributed by atoms with E-state index in [0.717, 1.165) is 48.7 Å². The van der Waals surface area contributed by atoms with Crippen LogP contribution in [0.5, 0.6) is 0 Å². The zero-order valence-corrected chi connectivity index (χ0v) is 19.5. The van der Waals surface area contributed by atoms with Crippen molar-refractivity contribution in [2.24, 2.45) is 5.73 Å². The van der Waals surface area contributed by atoms with Gasteiger partial charge in [-0.1, -0.05) is 30.7 Å². The maximum absolute atomic E-state index is 13.7. The van der Waals surface area contributed by atoms with Gasteiger partial charge in [-0.05, 0) is 61.4 Å². The Morgan fingerprint density at radius 3 is 2.48 bits per heavy atom. The highest BCUT2D eigenvalue weighted by Crippen LogP contribution is 2.51. The predicted octanol–water partition coefficient (Wildman–Crippen LogP) is 6.41. The largest absolute Gasteiger partial charge is 0.416 e. The van der Waals surface area contributed by atoms with Crippen molar-refractivity contribution in [1.82, 2.24) is 4.90 Å². The molecule has 5 rings (SSSR count). The highest BCUT2D eigenvalue weighted by molar-refractivity contribution is 7.99. The molecule has 33 heavy (non-hydrogen) atoms. The number of hydrogen-bond acceptors (Lipinski definition) is 5. The highest BCUT2D eigenvalue weighted by atomic mass is 32.2. The number of likely N-dealkylation sites (tertiary alicyclic amines) is 1. The minimum atomic E-state index is -4.39. The van der Waals surface area contributed by atoms with Crippen molar-refractivity contribution >= 4 is 28.8 Å². The minimum Gasteiger partial charge on any atom is -0.380 e. The number of hydrogen-bond donors (Lipinski definition) is 3. The molecule has 1 aliphatic carbocycles. The monoisotopic (exact) mass is 476 g/mol. The van der Waals surface area contributed by atoms with Gasteiger partial charge in [0.2, 0.25) is 0 Å². The van der Waals surface area contributed by atoms with E-state index in [0.29, 0.717) is 23.0 Å². The molecule has 0 aromatic heterocycles. The molecule has 2 aliphatic heterocycles. The Morgan fingerprint density at radius 2 is 1.79 bits per heavy atom. The zero-order chi connectivity index (χ0) is 23.0. The van der Waals surface area contributed by atoms with Gasteiger partial charge in [0.1, 0.15) is 0 Å². The van der Waals surface area contributed by atoms with E-state index in [1.165, 1.54) is 55.1 Å². The van der Waals surface area contributed by atoms with Gasteiger partial charge in [-0.2, -0.15) is 13.2 Å². The molecule has 0 radical (unpaired) electrons. The molecule has 0 unspecified atom stereocenters. The lowest BCUT2D eigenvalue weighted by Gasteiger charge is -2.34. The molecule has 2 heterocycles. The van der Waals surface area contributed by atoms with Crippen LogP contribution in [0, 0.1) is 0 Å². The van der Waals surface area contributed by atoms with E-state index in [9.17, 15) is 13.2 Å². The lowest BCUT2D eigenvalue weighted by Crippen LogP contribution is -2.41. The average molecular weight is 477 g/mol. The van der Waals surface area contributed by atoms with Crippen LogP contribution in [-0.4, -0.2) is 37.1 Å². The van der Waals surface area contributed by atoms with Gasteiger partial charge < -0.3 is 21.3 Å². The fraction of sp³-hybridized carbons (Fsp3) is 0.520. The lowest BCUT2D eigenvalue weighted by atomic mass is 9.97. The van der Waals surface area contributed by atoms with E-state index in [1.807, 2.05) is 0 Å². The van der Waals surface area contributed by atoms with Crippen molar-refractivity contribution in [3.05, 3.63) is 41.5 Å². The van der Waals surface area contributed by atoms with Gasteiger partial charge in [-0.25, -0.2) is 0 Å². The average Bonchev–Trinajstić information content (AvgIpc) is 3.33. The molecular formula is C25H31F3N4S. The molecule has 8 heteroatoms. The Bertz CT molecular complexity index is 996. The third-order valence-electron chi connectivity index (χ3n) is 7.13. The topological polar surface area (TPSA) is 53.3 Å². The van der Waals surface area contributed by atoms with Crippen LogP contribution < -0.4 is 16.4 Å². The summed E-state index contributed by atoms with van der Waals surface area (Å²) in [5, 5.41) is 6.88. The first kappa shape index (κ1) is 22.9. The van der Waals surface area contributed by atoms with Crippen molar-refractivity contribution in [3.63, 3.8) is 0 Å². The molecule has 4 nitrogen and oxygen atoms in total. The lowest BCUT2D eigenvalue weighted by molar-refractivity contribution is -0.137. The molecule has 1 saturated carbocycles. The van der Waals surface area contributed by atoms with Gasteiger partial charge >= 0.3 is 6.18 Å². The summed E-state index contributed by atoms with van der Waals surface area (Å²) in [6.45, 7) is 3.31. The first-order valence-corrected chi connectivity index (χ1v) is 12.8. The van der Waals surface area contributed by atoms with E-state index in [-0.39, 0.29) is 6.04 Å². The Kier molecular flexibility index (Phi) is 6.51. The number of nitrogens with two attached hydrogens (primary N) is 1. The highest BCUT2D eigenvalue weighted by Gasteiger charge is 2.34. The molecule has 0 spiro atoms. The van der Waals surface area contributed by atoms with Gasteiger partial charge in [-0.3, -0.25) is 0 Å². The number of halogens is 3. The van der Waals surface area contributed by atoms with Crippen molar-refractivity contribution in [3.8, 4) is 0 Å². The quantitative estimate of drug-likeness (QED) is 0.398. The molecule has 2 aromatic rings. The summed E-state index contributed by atoms with van der Waals surface area (Å²) in [6, 6.07) is 9.13. The minimum absolute atomic E-state index is 0.143. The summed E-state index contributed by atoms with van der Waals surface area (Å²) < 4.78 is 41.2. The second-order valence-electron chi connectivity index (χ2n) is 9.41. The van der Waals surface area contributed by atoms with Gasteiger partial charge in [0.15, 0.2) is 0 Å². The Morgan fingerprint density at radius 1 is 1.03 bits per heavy atom. The number of nitrogens with zero attached hydrogens (tertiary/aromatic N) is 1. The number of alkyl halides is 3. The molecule has 3 aliphatic rings. The molecule has 0 atom stereocenters. The molecule has 1 saturated heterocycles. The maximum atomic E-state index is 13.7. The molecule has 178 valence electrons. The van der Waals surface area contributed by atoms with Crippen molar-refractivity contribution in [2.75, 3.05) is 36.8 Å². The summed E-state index contributed by atoms with van der Waals surface area (Å²) >= 11 is 1.44. The van der Waals surface area contributed by atoms with E-state index < -0.39 is 11.7 Å². The van der Waals surface area contributed by atoms with Crippen LogP contribution in [0.15, 0.2) is 40.1 Å². The number of rotatable bonds is 5. The summed E-state index contributed by atoms with van der Waals surface area (Å²) in [4.78, 5) is 3.95. The third kappa shape index (κ3) is 4.98. The zero-order valence-electron chi connectivity index (χ0n) is 18.7. The van der Waals surface area contributed by atoms with Gasteiger partial charge in [0.05, 0.1) is 22.6 Å². The molecular weight excluding hydrogens is 445 g/mol. The second-order valence-corrected chi connectivity index (χ2v) is 10.5.